The van der Waals surface area contributed by atoms with Gasteiger partial charge in [0.2, 0.25) is 11.8 Å². The van der Waals surface area contributed by atoms with E-state index in [-0.39, 0.29) is 12.5 Å². The van der Waals surface area contributed by atoms with Crippen LogP contribution in [0.15, 0.2) is 30.3 Å². The lowest BCUT2D eigenvalue weighted by Crippen LogP contribution is -2.53. The van der Waals surface area contributed by atoms with Gasteiger partial charge in [0.05, 0.1) is 0 Å². The quantitative estimate of drug-likeness (QED) is 0.550. The molecule has 0 saturated carbocycles. The van der Waals surface area contributed by atoms with Crippen molar-refractivity contribution in [1.29, 1.82) is 0 Å². The molecule has 1 aromatic carbocycles. The van der Waals surface area contributed by atoms with Crippen LogP contribution in [0.2, 0.25) is 0 Å². The van der Waals surface area contributed by atoms with Gasteiger partial charge < -0.3 is 21.1 Å². The molecule has 1 aromatic rings. The molecular formula is C20H31N3O4. The molecule has 0 bridgehead atoms. The van der Waals surface area contributed by atoms with Crippen molar-refractivity contribution >= 4 is 17.9 Å². The number of hydrogen-bond donors (Lipinski definition) is 3. The van der Waals surface area contributed by atoms with Crippen molar-refractivity contribution in [3.8, 4) is 0 Å². The number of carbonyl (C=O) groups excluding carboxylic acids is 3. The third-order valence-corrected chi connectivity index (χ3v) is 4.03. The summed E-state index contributed by atoms with van der Waals surface area (Å²) in [6, 6.07) is 7.73. The smallest absolute Gasteiger partial charge is 0.408 e. The Morgan fingerprint density at radius 3 is 2.30 bits per heavy atom. The molecule has 0 aromatic heterocycles. The van der Waals surface area contributed by atoms with Gasteiger partial charge >= 0.3 is 6.09 Å². The predicted molar refractivity (Wildman–Crippen MR) is 104 cm³/mol. The summed E-state index contributed by atoms with van der Waals surface area (Å²) in [7, 11) is 0. The molecule has 3 amide bonds. The summed E-state index contributed by atoms with van der Waals surface area (Å²) in [5.41, 5.74) is 6.23. The zero-order chi connectivity index (χ0) is 20.2. The second-order valence-corrected chi connectivity index (χ2v) is 6.99. The highest BCUT2D eigenvalue weighted by atomic mass is 16.5. The highest BCUT2D eigenvalue weighted by Crippen LogP contribution is 2.08. The molecule has 7 nitrogen and oxygen atoms in total. The number of ether oxygens (including phenoxy) is 1. The monoisotopic (exact) mass is 377 g/mol. The average Bonchev–Trinajstić information content (AvgIpc) is 2.63. The van der Waals surface area contributed by atoms with Gasteiger partial charge in [-0.2, -0.15) is 0 Å². The number of unbranched alkanes of at least 4 members (excludes halogenated alkanes) is 1. The van der Waals surface area contributed by atoms with Crippen LogP contribution in [-0.4, -0.2) is 30.0 Å². The number of rotatable bonds is 11. The summed E-state index contributed by atoms with van der Waals surface area (Å²) in [6.45, 7) is 5.99. The minimum atomic E-state index is -0.795. The zero-order valence-corrected chi connectivity index (χ0v) is 16.4. The van der Waals surface area contributed by atoms with Crippen molar-refractivity contribution in [3.05, 3.63) is 35.9 Å². The molecule has 150 valence electrons. The number of carbonyl (C=O) groups is 3. The maximum atomic E-state index is 12.6. The summed E-state index contributed by atoms with van der Waals surface area (Å²) >= 11 is 0. The number of alkyl carbamates (subject to hydrolysis) is 1. The normalized spacial score (nSPS) is 12.9. The van der Waals surface area contributed by atoms with E-state index in [1.54, 1.807) is 0 Å². The van der Waals surface area contributed by atoms with Gasteiger partial charge in [0.1, 0.15) is 18.7 Å². The van der Waals surface area contributed by atoms with Gasteiger partial charge in [0.25, 0.3) is 0 Å². The van der Waals surface area contributed by atoms with Gasteiger partial charge in [-0.05, 0) is 24.3 Å². The molecule has 0 aliphatic rings. The highest BCUT2D eigenvalue weighted by Gasteiger charge is 2.26. The van der Waals surface area contributed by atoms with Crippen molar-refractivity contribution in [2.75, 3.05) is 0 Å². The van der Waals surface area contributed by atoms with E-state index >= 15 is 0 Å². The standard InChI is InChI=1S/C20H31N3O4/c1-4-5-11-16(18(21)24)22-19(25)17(12-14(2)3)23-20(26)27-13-15-9-7-6-8-10-15/h6-10,14,16-17H,4-5,11-13H2,1-3H3,(H2,21,24)(H,22,25)(H,23,26)/t16-,17-/m0/s1. The van der Waals surface area contributed by atoms with E-state index in [1.165, 1.54) is 0 Å². The maximum absolute atomic E-state index is 12.6. The lowest BCUT2D eigenvalue weighted by Gasteiger charge is -2.23. The molecule has 27 heavy (non-hydrogen) atoms. The lowest BCUT2D eigenvalue weighted by atomic mass is 10.0. The number of primary amides is 1. The Morgan fingerprint density at radius 2 is 1.74 bits per heavy atom. The predicted octanol–water partition coefficient (Wildman–Crippen LogP) is 2.49. The van der Waals surface area contributed by atoms with Crippen molar-refractivity contribution < 1.29 is 19.1 Å². The third kappa shape index (κ3) is 9.08. The van der Waals surface area contributed by atoms with Crippen LogP contribution in [0.5, 0.6) is 0 Å². The summed E-state index contributed by atoms with van der Waals surface area (Å²) < 4.78 is 5.19. The van der Waals surface area contributed by atoms with E-state index in [1.807, 2.05) is 51.1 Å². The van der Waals surface area contributed by atoms with Crippen LogP contribution < -0.4 is 16.4 Å². The number of benzene rings is 1. The number of amides is 3. The van der Waals surface area contributed by atoms with Gasteiger partial charge in [-0.1, -0.05) is 63.9 Å². The van der Waals surface area contributed by atoms with E-state index < -0.39 is 30.0 Å². The van der Waals surface area contributed by atoms with Crippen molar-refractivity contribution in [2.24, 2.45) is 11.7 Å². The first-order valence-electron chi connectivity index (χ1n) is 9.40. The Morgan fingerprint density at radius 1 is 1.07 bits per heavy atom. The van der Waals surface area contributed by atoms with Gasteiger partial charge in [-0.3, -0.25) is 9.59 Å². The van der Waals surface area contributed by atoms with E-state index in [4.69, 9.17) is 10.5 Å². The zero-order valence-electron chi connectivity index (χ0n) is 16.4. The minimum absolute atomic E-state index is 0.114. The van der Waals surface area contributed by atoms with Crippen LogP contribution in [0.4, 0.5) is 4.79 Å². The summed E-state index contributed by atoms with van der Waals surface area (Å²) in [5.74, 6) is -0.843. The van der Waals surface area contributed by atoms with E-state index in [0.29, 0.717) is 12.8 Å². The van der Waals surface area contributed by atoms with Gasteiger partial charge in [0.15, 0.2) is 0 Å². The summed E-state index contributed by atoms with van der Waals surface area (Å²) in [6.07, 6.45) is 1.88. The van der Waals surface area contributed by atoms with Gasteiger partial charge in [-0.15, -0.1) is 0 Å². The topological polar surface area (TPSA) is 111 Å². The van der Waals surface area contributed by atoms with E-state index in [0.717, 1.165) is 18.4 Å². The molecule has 1 rings (SSSR count). The van der Waals surface area contributed by atoms with E-state index in [9.17, 15) is 14.4 Å². The molecule has 0 saturated heterocycles. The fourth-order valence-electron chi connectivity index (χ4n) is 2.58. The molecule has 0 radical (unpaired) electrons. The fraction of sp³-hybridized carbons (Fsp3) is 0.550. The van der Waals surface area contributed by atoms with Crippen LogP contribution in [0.1, 0.15) is 52.0 Å². The Kier molecular flexibility index (Phi) is 9.93. The molecule has 2 atom stereocenters. The van der Waals surface area contributed by atoms with Crippen LogP contribution in [-0.2, 0) is 20.9 Å². The molecule has 0 heterocycles. The average molecular weight is 377 g/mol. The lowest BCUT2D eigenvalue weighted by molar-refractivity contribution is -0.129. The number of nitrogens with two attached hydrogens (primary N) is 1. The summed E-state index contributed by atoms with van der Waals surface area (Å²) in [4.78, 5) is 36.2. The number of nitrogens with one attached hydrogen (secondary N) is 2. The molecule has 4 N–H and O–H groups in total. The van der Waals surface area contributed by atoms with Gasteiger partial charge in [-0.25, -0.2) is 4.79 Å². The molecule has 0 aliphatic heterocycles. The van der Waals surface area contributed by atoms with Crippen LogP contribution in [0.3, 0.4) is 0 Å². The first kappa shape index (κ1) is 22.5. The van der Waals surface area contributed by atoms with Crippen LogP contribution in [0.25, 0.3) is 0 Å². The third-order valence-electron chi connectivity index (χ3n) is 4.03. The van der Waals surface area contributed by atoms with E-state index in [2.05, 4.69) is 10.6 Å². The second-order valence-electron chi connectivity index (χ2n) is 6.99. The molecule has 7 heteroatoms. The number of hydrogen-bond acceptors (Lipinski definition) is 4. The molecule has 0 unspecified atom stereocenters. The Balaban J connectivity index is 2.65. The fourth-order valence-corrected chi connectivity index (χ4v) is 2.58. The highest BCUT2D eigenvalue weighted by molar-refractivity contribution is 5.90. The Bertz CT molecular complexity index is 605. The first-order chi connectivity index (χ1) is 12.8. The van der Waals surface area contributed by atoms with Crippen LogP contribution >= 0.6 is 0 Å². The Labute approximate surface area is 161 Å². The maximum Gasteiger partial charge on any atom is 0.408 e. The SMILES string of the molecule is CCCC[C@H](NC(=O)[C@H](CC(C)C)NC(=O)OCc1ccccc1)C(N)=O. The molecule has 0 fully saturated rings. The van der Waals surface area contributed by atoms with Crippen LogP contribution in [0, 0.1) is 5.92 Å². The molecule has 0 aliphatic carbocycles. The second kappa shape index (κ2) is 11.9. The minimum Gasteiger partial charge on any atom is -0.445 e. The van der Waals surface area contributed by atoms with Crippen molar-refractivity contribution in [1.82, 2.24) is 10.6 Å². The largest absolute Gasteiger partial charge is 0.445 e. The molecular weight excluding hydrogens is 346 g/mol. The van der Waals surface area contributed by atoms with Gasteiger partial charge in [0, 0.05) is 0 Å². The van der Waals surface area contributed by atoms with Crippen molar-refractivity contribution in [3.63, 3.8) is 0 Å². The first-order valence-corrected chi connectivity index (χ1v) is 9.40. The van der Waals surface area contributed by atoms with Crippen molar-refractivity contribution in [2.45, 2.75) is 65.1 Å². The molecule has 0 spiro atoms. The Hall–Kier alpha value is -2.57. The summed E-state index contributed by atoms with van der Waals surface area (Å²) in [5, 5.41) is 5.25.